The molecule has 1 aliphatic rings. The number of nitrogen functional groups attached to an aromatic ring is 1. The molecular weight excluding hydrogens is 212 g/mol. The van der Waals surface area contributed by atoms with Gasteiger partial charge < -0.3 is 15.0 Å². The SMILES string of the molecule is Nc1cc(-c2ccc3c(c2)SCO3)no1. The van der Waals surface area contributed by atoms with Crippen LogP contribution in [0.5, 0.6) is 5.75 Å². The molecule has 0 atom stereocenters. The number of nitrogens with two attached hydrogens (primary N) is 1. The first-order chi connectivity index (χ1) is 7.33. The number of nitrogens with zero attached hydrogens (tertiary/aromatic N) is 1. The van der Waals surface area contributed by atoms with Gasteiger partial charge in [0.15, 0.2) is 0 Å². The lowest BCUT2D eigenvalue weighted by Gasteiger charge is -1.99. The maximum absolute atomic E-state index is 5.47. The van der Waals surface area contributed by atoms with E-state index in [-0.39, 0.29) is 0 Å². The first kappa shape index (κ1) is 8.67. The zero-order valence-corrected chi connectivity index (χ0v) is 8.58. The van der Waals surface area contributed by atoms with Crippen LogP contribution in [0.2, 0.25) is 0 Å². The van der Waals surface area contributed by atoms with Gasteiger partial charge in [0, 0.05) is 11.6 Å². The summed E-state index contributed by atoms with van der Waals surface area (Å²) in [5.41, 5.74) is 7.22. The highest BCUT2D eigenvalue weighted by Gasteiger charge is 2.14. The van der Waals surface area contributed by atoms with Gasteiger partial charge in [0.05, 0.1) is 4.90 Å². The molecule has 0 fully saturated rings. The minimum Gasteiger partial charge on any atom is -0.481 e. The molecule has 1 aliphatic heterocycles. The van der Waals surface area contributed by atoms with E-state index in [4.69, 9.17) is 15.0 Å². The summed E-state index contributed by atoms with van der Waals surface area (Å²) >= 11 is 1.67. The number of thioether (sulfide) groups is 1. The van der Waals surface area contributed by atoms with Gasteiger partial charge in [-0.15, -0.1) is 0 Å². The number of ether oxygens (including phenoxy) is 1. The highest BCUT2D eigenvalue weighted by molar-refractivity contribution is 7.99. The Labute approximate surface area is 90.4 Å². The summed E-state index contributed by atoms with van der Waals surface area (Å²) in [6.45, 7) is 0. The van der Waals surface area contributed by atoms with Gasteiger partial charge in [0.2, 0.25) is 5.88 Å². The molecule has 0 aliphatic carbocycles. The third kappa shape index (κ3) is 1.45. The van der Waals surface area contributed by atoms with Crippen LogP contribution in [-0.4, -0.2) is 11.1 Å². The summed E-state index contributed by atoms with van der Waals surface area (Å²) < 4.78 is 10.2. The average Bonchev–Trinajstić information content (AvgIpc) is 2.84. The fraction of sp³-hybridized carbons (Fsp3) is 0.100. The van der Waals surface area contributed by atoms with Gasteiger partial charge in [0.25, 0.3) is 0 Å². The number of fused-ring (bicyclic) bond motifs is 1. The monoisotopic (exact) mass is 220 g/mol. The second kappa shape index (κ2) is 3.20. The molecule has 5 heteroatoms. The van der Waals surface area contributed by atoms with Gasteiger partial charge in [0.1, 0.15) is 17.4 Å². The van der Waals surface area contributed by atoms with Gasteiger partial charge in [-0.2, -0.15) is 0 Å². The van der Waals surface area contributed by atoms with E-state index in [9.17, 15) is 0 Å². The molecular formula is C10H8N2O2S. The molecule has 76 valence electrons. The van der Waals surface area contributed by atoms with E-state index in [1.807, 2.05) is 18.2 Å². The lowest BCUT2D eigenvalue weighted by atomic mass is 10.1. The second-order valence-electron chi connectivity index (χ2n) is 3.18. The molecule has 2 aromatic rings. The molecule has 0 bridgehead atoms. The van der Waals surface area contributed by atoms with E-state index in [2.05, 4.69) is 5.16 Å². The van der Waals surface area contributed by atoms with Crippen molar-refractivity contribution in [2.75, 3.05) is 11.7 Å². The highest BCUT2D eigenvalue weighted by atomic mass is 32.2. The summed E-state index contributed by atoms with van der Waals surface area (Å²) in [6.07, 6.45) is 0. The number of benzene rings is 1. The molecule has 1 aromatic heterocycles. The normalized spacial score (nSPS) is 13.6. The van der Waals surface area contributed by atoms with Crippen molar-refractivity contribution in [2.45, 2.75) is 4.90 Å². The largest absolute Gasteiger partial charge is 0.481 e. The first-order valence-electron chi connectivity index (χ1n) is 4.45. The Morgan fingerprint density at radius 3 is 3.07 bits per heavy atom. The maximum atomic E-state index is 5.47. The summed E-state index contributed by atoms with van der Waals surface area (Å²) in [5, 5.41) is 3.86. The van der Waals surface area contributed by atoms with Crippen LogP contribution in [0.3, 0.4) is 0 Å². The lowest BCUT2D eigenvalue weighted by Crippen LogP contribution is -1.82. The van der Waals surface area contributed by atoms with E-state index in [1.165, 1.54) is 0 Å². The zero-order valence-electron chi connectivity index (χ0n) is 7.77. The minimum atomic E-state index is 0.328. The molecule has 2 N–H and O–H groups in total. The standard InChI is InChI=1S/C10H8N2O2S/c11-10-4-7(12-14-10)6-1-2-8-9(3-6)15-5-13-8/h1-4H,5,11H2. The molecule has 1 aromatic carbocycles. The number of aromatic nitrogens is 1. The maximum Gasteiger partial charge on any atom is 0.222 e. The van der Waals surface area contributed by atoms with E-state index >= 15 is 0 Å². The van der Waals surface area contributed by atoms with Gasteiger partial charge >= 0.3 is 0 Å². The topological polar surface area (TPSA) is 61.3 Å². The van der Waals surface area contributed by atoms with E-state index in [0.717, 1.165) is 21.9 Å². The van der Waals surface area contributed by atoms with Crippen LogP contribution in [0.1, 0.15) is 0 Å². The fourth-order valence-corrected chi connectivity index (χ4v) is 2.27. The van der Waals surface area contributed by atoms with Crippen LogP contribution in [0.4, 0.5) is 5.88 Å². The second-order valence-corrected chi connectivity index (χ2v) is 4.15. The Hall–Kier alpha value is -1.62. The molecule has 0 unspecified atom stereocenters. The quantitative estimate of drug-likeness (QED) is 0.799. The van der Waals surface area contributed by atoms with Crippen LogP contribution in [0, 0.1) is 0 Å². The predicted octanol–water partition coefficient (Wildman–Crippen LogP) is 2.37. The van der Waals surface area contributed by atoms with Crippen LogP contribution in [0.15, 0.2) is 33.7 Å². The third-order valence-electron chi connectivity index (χ3n) is 2.20. The van der Waals surface area contributed by atoms with Gasteiger partial charge in [-0.1, -0.05) is 16.9 Å². The first-order valence-corrected chi connectivity index (χ1v) is 5.44. The van der Waals surface area contributed by atoms with Crippen LogP contribution < -0.4 is 10.5 Å². The lowest BCUT2D eigenvalue weighted by molar-refractivity contribution is 0.397. The molecule has 0 amide bonds. The Kier molecular flexibility index (Phi) is 1.85. The van der Waals surface area contributed by atoms with Crippen molar-refractivity contribution in [1.29, 1.82) is 0 Å². The van der Waals surface area contributed by atoms with Gasteiger partial charge in [-0.3, -0.25) is 0 Å². The minimum absolute atomic E-state index is 0.328. The molecule has 4 nitrogen and oxygen atoms in total. The number of hydrogen-bond acceptors (Lipinski definition) is 5. The number of rotatable bonds is 1. The molecule has 0 spiro atoms. The Balaban J connectivity index is 2.06. The van der Waals surface area contributed by atoms with Gasteiger partial charge in [-0.25, -0.2) is 0 Å². The molecule has 2 heterocycles. The number of hydrogen-bond donors (Lipinski definition) is 1. The summed E-state index contributed by atoms with van der Waals surface area (Å²) in [6, 6.07) is 7.63. The third-order valence-corrected chi connectivity index (χ3v) is 3.06. The Morgan fingerprint density at radius 2 is 2.27 bits per heavy atom. The summed E-state index contributed by atoms with van der Waals surface area (Å²) in [5.74, 6) is 1.94. The van der Waals surface area contributed by atoms with Crippen molar-refractivity contribution in [3.05, 3.63) is 24.3 Å². The van der Waals surface area contributed by atoms with Crippen molar-refractivity contribution in [3.8, 4) is 17.0 Å². The smallest absolute Gasteiger partial charge is 0.222 e. The summed E-state index contributed by atoms with van der Waals surface area (Å²) in [4.78, 5) is 1.13. The van der Waals surface area contributed by atoms with Crippen LogP contribution >= 0.6 is 11.8 Å². The highest BCUT2D eigenvalue weighted by Crippen LogP contribution is 2.38. The van der Waals surface area contributed by atoms with Crippen LogP contribution in [-0.2, 0) is 0 Å². The Morgan fingerprint density at radius 1 is 1.33 bits per heavy atom. The zero-order chi connectivity index (χ0) is 10.3. The van der Waals surface area contributed by atoms with E-state index < -0.39 is 0 Å². The molecule has 0 radical (unpaired) electrons. The number of anilines is 1. The van der Waals surface area contributed by atoms with Crippen molar-refractivity contribution in [2.24, 2.45) is 0 Å². The van der Waals surface area contributed by atoms with Crippen molar-refractivity contribution in [3.63, 3.8) is 0 Å². The molecule has 0 saturated carbocycles. The predicted molar refractivity (Wildman–Crippen MR) is 57.7 cm³/mol. The Bertz CT molecular complexity index is 510. The van der Waals surface area contributed by atoms with E-state index in [0.29, 0.717) is 11.8 Å². The van der Waals surface area contributed by atoms with Gasteiger partial charge in [-0.05, 0) is 18.2 Å². The van der Waals surface area contributed by atoms with E-state index in [1.54, 1.807) is 17.8 Å². The molecule has 0 saturated heterocycles. The molecule has 3 rings (SSSR count). The average molecular weight is 220 g/mol. The fourth-order valence-electron chi connectivity index (χ4n) is 1.48. The van der Waals surface area contributed by atoms with Crippen LogP contribution in [0.25, 0.3) is 11.3 Å². The van der Waals surface area contributed by atoms with Crippen molar-refractivity contribution >= 4 is 17.6 Å². The van der Waals surface area contributed by atoms with Crippen molar-refractivity contribution in [1.82, 2.24) is 5.16 Å². The van der Waals surface area contributed by atoms with Crippen molar-refractivity contribution < 1.29 is 9.26 Å². The summed E-state index contributed by atoms with van der Waals surface area (Å²) in [7, 11) is 0. The molecule has 15 heavy (non-hydrogen) atoms.